The van der Waals surface area contributed by atoms with Crippen molar-refractivity contribution < 1.29 is 9.72 Å². The standard InChI is InChI=1S/C15H18ClNO3/c1-2-10-3-6-15(18)12(7-10)8-11-9-13(16)4-5-14(11)17(19)20/h4-5,9-10,12H,2-3,6-8H2,1H3. The number of nitro groups is 1. The lowest BCUT2D eigenvalue weighted by Gasteiger charge is -2.27. The van der Waals surface area contributed by atoms with E-state index in [1.807, 2.05) is 0 Å². The molecular weight excluding hydrogens is 278 g/mol. The Hall–Kier alpha value is -1.42. The molecule has 2 atom stereocenters. The lowest BCUT2D eigenvalue weighted by molar-refractivity contribution is -0.385. The fourth-order valence-corrected chi connectivity index (χ4v) is 3.13. The Morgan fingerprint density at radius 1 is 1.45 bits per heavy atom. The van der Waals surface area contributed by atoms with Crippen molar-refractivity contribution in [3.8, 4) is 0 Å². The van der Waals surface area contributed by atoms with Gasteiger partial charge in [0.25, 0.3) is 5.69 Å². The van der Waals surface area contributed by atoms with Crippen LogP contribution in [0.15, 0.2) is 18.2 Å². The molecule has 0 spiro atoms. The van der Waals surface area contributed by atoms with Crippen molar-refractivity contribution in [3.05, 3.63) is 38.9 Å². The van der Waals surface area contributed by atoms with Gasteiger partial charge in [0.1, 0.15) is 5.78 Å². The highest BCUT2D eigenvalue weighted by Crippen LogP contribution is 2.33. The molecule has 1 saturated carbocycles. The van der Waals surface area contributed by atoms with Gasteiger partial charge in [-0.3, -0.25) is 14.9 Å². The Labute approximate surface area is 123 Å². The predicted molar refractivity (Wildman–Crippen MR) is 77.9 cm³/mol. The average molecular weight is 296 g/mol. The molecule has 0 aliphatic heterocycles. The van der Waals surface area contributed by atoms with Crippen molar-refractivity contribution in [2.45, 2.75) is 39.0 Å². The number of benzene rings is 1. The molecule has 4 nitrogen and oxygen atoms in total. The zero-order chi connectivity index (χ0) is 14.7. The monoisotopic (exact) mass is 295 g/mol. The van der Waals surface area contributed by atoms with Gasteiger partial charge in [-0.15, -0.1) is 0 Å². The van der Waals surface area contributed by atoms with Crippen LogP contribution in [0.5, 0.6) is 0 Å². The first-order chi connectivity index (χ1) is 9.51. The van der Waals surface area contributed by atoms with E-state index >= 15 is 0 Å². The van der Waals surface area contributed by atoms with E-state index in [2.05, 4.69) is 6.92 Å². The number of halogens is 1. The van der Waals surface area contributed by atoms with Crippen LogP contribution in [-0.4, -0.2) is 10.7 Å². The number of hydrogen-bond donors (Lipinski definition) is 0. The van der Waals surface area contributed by atoms with Crippen molar-refractivity contribution >= 4 is 23.1 Å². The summed E-state index contributed by atoms with van der Waals surface area (Å²) in [5.41, 5.74) is 0.624. The van der Waals surface area contributed by atoms with E-state index < -0.39 is 4.92 Å². The number of Topliss-reactive ketones (excluding diaryl/α,β-unsaturated/α-hetero) is 1. The third kappa shape index (κ3) is 3.37. The van der Waals surface area contributed by atoms with Gasteiger partial charge in [0.15, 0.2) is 0 Å². The Morgan fingerprint density at radius 2 is 2.20 bits per heavy atom. The number of nitrogens with zero attached hydrogens (tertiary/aromatic N) is 1. The van der Waals surface area contributed by atoms with Crippen molar-refractivity contribution in [1.29, 1.82) is 0 Å². The van der Waals surface area contributed by atoms with Gasteiger partial charge in [0.2, 0.25) is 0 Å². The van der Waals surface area contributed by atoms with Crippen LogP contribution in [0.1, 0.15) is 38.2 Å². The molecule has 108 valence electrons. The van der Waals surface area contributed by atoms with Crippen molar-refractivity contribution in [2.75, 3.05) is 0 Å². The third-order valence-electron chi connectivity index (χ3n) is 4.15. The van der Waals surface area contributed by atoms with Crippen LogP contribution < -0.4 is 0 Å². The summed E-state index contributed by atoms with van der Waals surface area (Å²) in [7, 11) is 0. The molecule has 0 aromatic heterocycles. The molecule has 2 rings (SSSR count). The van der Waals surface area contributed by atoms with E-state index in [0.717, 1.165) is 19.3 Å². The van der Waals surface area contributed by atoms with Crippen LogP contribution in [-0.2, 0) is 11.2 Å². The van der Waals surface area contributed by atoms with Gasteiger partial charge in [0.05, 0.1) is 4.92 Å². The molecule has 1 aliphatic rings. The molecule has 0 radical (unpaired) electrons. The predicted octanol–water partition coefficient (Wildman–Crippen LogP) is 4.19. The molecule has 5 heteroatoms. The smallest absolute Gasteiger partial charge is 0.272 e. The molecule has 0 heterocycles. The van der Waals surface area contributed by atoms with Crippen molar-refractivity contribution in [3.63, 3.8) is 0 Å². The summed E-state index contributed by atoms with van der Waals surface area (Å²) in [5.74, 6) is 0.672. The highest BCUT2D eigenvalue weighted by molar-refractivity contribution is 6.30. The number of carbonyl (C=O) groups is 1. The van der Waals surface area contributed by atoms with E-state index in [1.54, 1.807) is 6.07 Å². The maximum atomic E-state index is 12.0. The minimum absolute atomic E-state index is 0.0563. The fraction of sp³-hybridized carbons (Fsp3) is 0.533. The zero-order valence-electron chi connectivity index (χ0n) is 11.5. The zero-order valence-corrected chi connectivity index (χ0v) is 12.2. The maximum Gasteiger partial charge on any atom is 0.272 e. The first kappa shape index (κ1) is 15.0. The number of ketones is 1. The van der Waals surface area contributed by atoms with E-state index in [9.17, 15) is 14.9 Å². The van der Waals surface area contributed by atoms with Crippen LogP contribution in [0, 0.1) is 22.0 Å². The Balaban J connectivity index is 2.22. The van der Waals surface area contributed by atoms with Crippen LogP contribution in [0.25, 0.3) is 0 Å². The molecule has 0 saturated heterocycles. The molecule has 2 unspecified atom stereocenters. The van der Waals surface area contributed by atoms with Gasteiger partial charge < -0.3 is 0 Å². The average Bonchev–Trinajstić information content (AvgIpc) is 2.41. The fourth-order valence-electron chi connectivity index (χ4n) is 2.93. The maximum absolute atomic E-state index is 12.0. The molecule has 0 amide bonds. The van der Waals surface area contributed by atoms with Crippen molar-refractivity contribution in [1.82, 2.24) is 0 Å². The molecule has 1 aromatic rings. The molecule has 1 aromatic carbocycles. The van der Waals surface area contributed by atoms with Crippen LogP contribution in [0.2, 0.25) is 5.02 Å². The second-order valence-corrected chi connectivity index (χ2v) is 5.88. The molecule has 1 aliphatic carbocycles. The Bertz CT molecular complexity index is 530. The Morgan fingerprint density at radius 3 is 2.85 bits per heavy atom. The summed E-state index contributed by atoms with van der Waals surface area (Å²) in [6, 6.07) is 4.55. The SMILES string of the molecule is CCC1CCC(=O)C(Cc2cc(Cl)ccc2[N+](=O)[O-])C1. The van der Waals surface area contributed by atoms with Gasteiger partial charge in [-0.25, -0.2) is 0 Å². The molecule has 0 bridgehead atoms. The topological polar surface area (TPSA) is 60.2 Å². The van der Waals surface area contributed by atoms with E-state index in [0.29, 0.717) is 29.3 Å². The lowest BCUT2D eigenvalue weighted by atomic mass is 9.76. The first-order valence-electron chi connectivity index (χ1n) is 6.96. The van der Waals surface area contributed by atoms with E-state index in [4.69, 9.17) is 11.6 Å². The Kier molecular flexibility index (Phi) is 4.76. The number of nitro benzene ring substituents is 1. The molecule has 20 heavy (non-hydrogen) atoms. The van der Waals surface area contributed by atoms with Crippen molar-refractivity contribution in [2.24, 2.45) is 11.8 Å². The highest BCUT2D eigenvalue weighted by atomic mass is 35.5. The van der Waals surface area contributed by atoms with Gasteiger partial charge >= 0.3 is 0 Å². The number of rotatable bonds is 4. The third-order valence-corrected chi connectivity index (χ3v) is 4.39. The van der Waals surface area contributed by atoms with Crippen LogP contribution >= 0.6 is 11.6 Å². The number of hydrogen-bond acceptors (Lipinski definition) is 3. The largest absolute Gasteiger partial charge is 0.299 e. The number of carbonyl (C=O) groups excluding carboxylic acids is 1. The molecule has 1 fully saturated rings. The quantitative estimate of drug-likeness (QED) is 0.618. The minimum Gasteiger partial charge on any atom is -0.299 e. The minimum atomic E-state index is -0.406. The van der Waals surface area contributed by atoms with E-state index in [-0.39, 0.29) is 17.4 Å². The lowest BCUT2D eigenvalue weighted by Crippen LogP contribution is -2.26. The second-order valence-electron chi connectivity index (χ2n) is 5.45. The molecule has 0 N–H and O–H groups in total. The van der Waals surface area contributed by atoms with Crippen LogP contribution in [0.4, 0.5) is 5.69 Å². The summed E-state index contributed by atoms with van der Waals surface area (Å²) in [4.78, 5) is 22.7. The molecular formula is C15H18ClNO3. The van der Waals surface area contributed by atoms with Gasteiger partial charge in [-0.2, -0.15) is 0 Å². The normalized spacial score (nSPS) is 22.8. The second kappa shape index (κ2) is 6.35. The van der Waals surface area contributed by atoms with E-state index in [1.165, 1.54) is 12.1 Å². The summed E-state index contributed by atoms with van der Waals surface area (Å²) in [6.45, 7) is 2.12. The highest BCUT2D eigenvalue weighted by Gasteiger charge is 2.29. The summed E-state index contributed by atoms with van der Waals surface area (Å²) in [6.07, 6.45) is 3.85. The van der Waals surface area contributed by atoms with Gasteiger partial charge in [0, 0.05) is 29.0 Å². The van der Waals surface area contributed by atoms with Crippen LogP contribution in [0.3, 0.4) is 0 Å². The first-order valence-corrected chi connectivity index (χ1v) is 7.34. The summed E-state index contributed by atoms with van der Waals surface area (Å²) in [5, 5.41) is 11.5. The van der Waals surface area contributed by atoms with Gasteiger partial charge in [-0.05, 0) is 37.3 Å². The summed E-state index contributed by atoms with van der Waals surface area (Å²) >= 11 is 5.92. The van der Waals surface area contributed by atoms with Gasteiger partial charge in [-0.1, -0.05) is 24.9 Å². The summed E-state index contributed by atoms with van der Waals surface area (Å²) < 4.78 is 0.